The van der Waals surface area contributed by atoms with Gasteiger partial charge in [0.25, 0.3) is 0 Å². The SMILES string of the molecule is CCN(C)c1ccc(OC(F)(F)F)cc1CN1CC(=O)OC(c2cc(C(F)(F)F)cc(C(F)(F)F)c2)C1C. The fourth-order valence-corrected chi connectivity index (χ4v) is 4.12. The van der Waals surface area contributed by atoms with Crippen LogP contribution in [-0.4, -0.2) is 43.4 Å². The first-order chi connectivity index (χ1) is 17.4. The third kappa shape index (κ3) is 7.03. The zero-order valence-electron chi connectivity index (χ0n) is 20.3. The minimum atomic E-state index is -5.10. The highest BCUT2D eigenvalue weighted by atomic mass is 19.4. The molecule has 1 aliphatic rings. The molecule has 3 rings (SSSR count). The van der Waals surface area contributed by atoms with E-state index in [4.69, 9.17) is 4.74 Å². The second-order valence-electron chi connectivity index (χ2n) is 8.75. The number of rotatable bonds is 6. The molecule has 0 aliphatic carbocycles. The third-order valence-electron chi connectivity index (χ3n) is 6.09. The minimum absolute atomic E-state index is 0.0322. The maximum atomic E-state index is 13.4. The topological polar surface area (TPSA) is 42.0 Å². The summed E-state index contributed by atoms with van der Waals surface area (Å²) in [5.41, 5.74) is -2.87. The van der Waals surface area contributed by atoms with Gasteiger partial charge in [-0.05, 0) is 61.4 Å². The number of anilines is 1. The minimum Gasteiger partial charge on any atom is -0.455 e. The lowest BCUT2D eigenvalue weighted by Gasteiger charge is -2.39. The maximum Gasteiger partial charge on any atom is 0.573 e. The van der Waals surface area contributed by atoms with E-state index < -0.39 is 65.8 Å². The summed E-state index contributed by atoms with van der Waals surface area (Å²) in [5, 5.41) is 0. The average Bonchev–Trinajstić information content (AvgIpc) is 2.78. The van der Waals surface area contributed by atoms with Crippen LogP contribution in [0.25, 0.3) is 0 Å². The zero-order chi connectivity index (χ0) is 28.6. The summed E-state index contributed by atoms with van der Waals surface area (Å²) >= 11 is 0. The molecule has 0 amide bonds. The van der Waals surface area contributed by atoms with Crippen LogP contribution in [0, 0.1) is 0 Å². The van der Waals surface area contributed by atoms with Gasteiger partial charge in [-0.2, -0.15) is 26.3 Å². The second-order valence-corrected chi connectivity index (χ2v) is 8.75. The molecule has 2 atom stereocenters. The van der Waals surface area contributed by atoms with Crippen molar-refractivity contribution in [2.45, 2.75) is 51.3 Å². The van der Waals surface area contributed by atoms with Crippen LogP contribution in [0.15, 0.2) is 36.4 Å². The van der Waals surface area contributed by atoms with Crippen molar-refractivity contribution in [2.24, 2.45) is 0 Å². The molecule has 1 heterocycles. The number of alkyl halides is 9. The Kier molecular flexibility index (Phi) is 8.15. The van der Waals surface area contributed by atoms with Gasteiger partial charge in [-0.3, -0.25) is 9.69 Å². The molecular weight excluding hydrogens is 535 g/mol. The lowest BCUT2D eigenvalue weighted by molar-refractivity contribution is -0.274. The number of morpholine rings is 1. The summed E-state index contributed by atoms with van der Waals surface area (Å²) in [6, 6.07) is 3.61. The average molecular weight is 558 g/mol. The third-order valence-corrected chi connectivity index (χ3v) is 6.09. The largest absolute Gasteiger partial charge is 0.573 e. The normalized spacial score (nSPS) is 19.3. The summed E-state index contributed by atoms with van der Waals surface area (Å²) in [6.45, 7) is 3.10. The van der Waals surface area contributed by atoms with Crippen molar-refractivity contribution in [2.75, 3.05) is 25.0 Å². The van der Waals surface area contributed by atoms with Crippen LogP contribution in [0.1, 0.15) is 42.2 Å². The fourth-order valence-electron chi connectivity index (χ4n) is 4.12. The van der Waals surface area contributed by atoms with Gasteiger partial charge in [0.05, 0.1) is 17.7 Å². The zero-order valence-corrected chi connectivity index (χ0v) is 20.3. The number of hydrogen-bond donors (Lipinski definition) is 0. The monoisotopic (exact) mass is 558 g/mol. The smallest absolute Gasteiger partial charge is 0.455 e. The summed E-state index contributed by atoms with van der Waals surface area (Å²) in [4.78, 5) is 15.5. The molecule has 2 unspecified atom stereocenters. The Balaban J connectivity index is 2.02. The Morgan fingerprint density at radius 1 is 0.974 bits per heavy atom. The summed E-state index contributed by atoms with van der Waals surface area (Å²) in [7, 11) is 1.67. The Hall–Kier alpha value is -3.16. The van der Waals surface area contributed by atoms with Gasteiger partial charge in [0.1, 0.15) is 11.9 Å². The first kappa shape index (κ1) is 29.4. The van der Waals surface area contributed by atoms with Gasteiger partial charge in [-0.25, -0.2) is 0 Å². The van der Waals surface area contributed by atoms with Crippen LogP contribution in [0.4, 0.5) is 45.2 Å². The van der Waals surface area contributed by atoms with Crippen molar-refractivity contribution in [3.63, 3.8) is 0 Å². The number of hydrogen-bond acceptors (Lipinski definition) is 5. The summed E-state index contributed by atoms with van der Waals surface area (Å²) in [6.07, 6.45) is -16.7. The lowest BCUT2D eigenvalue weighted by atomic mass is 9.95. The van der Waals surface area contributed by atoms with E-state index >= 15 is 0 Å². The van der Waals surface area contributed by atoms with E-state index in [9.17, 15) is 44.3 Å². The molecule has 0 spiro atoms. The number of benzene rings is 2. The molecular formula is C24H23F9N2O3. The Bertz CT molecular complexity index is 1130. The van der Waals surface area contributed by atoms with Crippen LogP contribution in [-0.2, 0) is 28.4 Å². The Morgan fingerprint density at radius 3 is 2.05 bits per heavy atom. The van der Waals surface area contributed by atoms with E-state index in [1.807, 2.05) is 0 Å². The van der Waals surface area contributed by atoms with Gasteiger partial charge in [0.15, 0.2) is 0 Å². The van der Waals surface area contributed by atoms with Crippen molar-refractivity contribution in [3.05, 3.63) is 58.7 Å². The van der Waals surface area contributed by atoms with Crippen molar-refractivity contribution < 1.29 is 53.8 Å². The highest BCUT2D eigenvalue weighted by Crippen LogP contribution is 2.40. The molecule has 2 aromatic carbocycles. The van der Waals surface area contributed by atoms with Crippen LogP contribution < -0.4 is 9.64 Å². The standard InChI is InChI=1S/C24H23F9N2O3/c1-4-34(3)19-6-5-18(38-24(31,32)33)9-15(19)11-35-12-20(36)37-21(13(35)2)14-7-16(22(25,26)27)10-17(8-14)23(28,29)30/h5-10,13,21H,4,11-12H2,1-3H3. The first-order valence-electron chi connectivity index (χ1n) is 11.2. The van der Waals surface area contributed by atoms with Gasteiger partial charge in [-0.1, -0.05) is 0 Å². The van der Waals surface area contributed by atoms with E-state index in [0.29, 0.717) is 24.4 Å². The highest BCUT2D eigenvalue weighted by Gasteiger charge is 2.41. The number of halogens is 9. The van der Waals surface area contributed by atoms with Crippen molar-refractivity contribution in [1.29, 1.82) is 0 Å². The van der Waals surface area contributed by atoms with Crippen molar-refractivity contribution in [1.82, 2.24) is 4.90 Å². The molecule has 1 aliphatic heterocycles. The van der Waals surface area contributed by atoms with E-state index in [-0.39, 0.29) is 18.2 Å². The molecule has 210 valence electrons. The van der Waals surface area contributed by atoms with Crippen LogP contribution in [0.3, 0.4) is 0 Å². The Labute approximate surface area is 211 Å². The fraction of sp³-hybridized carbons (Fsp3) is 0.458. The lowest BCUT2D eigenvalue weighted by Crippen LogP contribution is -2.47. The predicted molar refractivity (Wildman–Crippen MR) is 117 cm³/mol. The summed E-state index contributed by atoms with van der Waals surface area (Å²) < 4.78 is 128. The molecule has 0 N–H and O–H groups in total. The van der Waals surface area contributed by atoms with Gasteiger partial charge < -0.3 is 14.4 Å². The highest BCUT2D eigenvalue weighted by molar-refractivity contribution is 5.73. The molecule has 1 fully saturated rings. The predicted octanol–water partition coefficient (Wildman–Crippen LogP) is 6.57. The molecule has 0 saturated carbocycles. The van der Waals surface area contributed by atoms with E-state index in [2.05, 4.69) is 4.74 Å². The van der Waals surface area contributed by atoms with Crippen LogP contribution >= 0.6 is 0 Å². The van der Waals surface area contributed by atoms with Gasteiger partial charge in [0.2, 0.25) is 0 Å². The van der Waals surface area contributed by atoms with Crippen LogP contribution in [0.5, 0.6) is 5.75 Å². The van der Waals surface area contributed by atoms with Gasteiger partial charge in [0, 0.05) is 31.9 Å². The number of nitrogens with zero attached hydrogens (tertiary/aromatic N) is 2. The molecule has 38 heavy (non-hydrogen) atoms. The first-order valence-corrected chi connectivity index (χ1v) is 11.2. The number of carbonyl (C=O) groups is 1. The van der Waals surface area contributed by atoms with E-state index in [1.54, 1.807) is 18.9 Å². The number of cyclic esters (lactones) is 1. The maximum absolute atomic E-state index is 13.4. The summed E-state index contributed by atoms with van der Waals surface area (Å²) in [5.74, 6) is -1.45. The van der Waals surface area contributed by atoms with Crippen LogP contribution in [0.2, 0.25) is 0 Å². The van der Waals surface area contributed by atoms with Crippen molar-refractivity contribution in [3.8, 4) is 5.75 Å². The molecule has 2 aromatic rings. The Morgan fingerprint density at radius 2 is 1.55 bits per heavy atom. The number of carbonyl (C=O) groups excluding carboxylic acids is 1. The quantitative estimate of drug-likeness (QED) is 0.297. The molecule has 14 heteroatoms. The van der Waals surface area contributed by atoms with Gasteiger partial charge in [-0.15, -0.1) is 13.2 Å². The molecule has 1 saturated heterocycles. The molecule has 0 aromatic heterocycles. The molecule has 5 nitrogen and oxygen atoms in total. The van der Waals surface area contributed by atoms with Crippen molar-refractivity contribution >= 4 is 11.7 Å². The molecule has 0 radical (unpaired) electrons. The molecule has 0 bridgehead atoms. The van der Waals surface area contributed by atoms with Gasteiger partial charge >= 0.3 is 24.7 Å². The number of esters is 1. The second kappa shape index (κ2) is 10.5. The van der Waals surface area contributed by atoms with E-state index in [0.717, 1.165) is 12.1 Å². The van der Waals surface area contributed by atoms with E-state index in [1.165, 1.54) is 17.9 Å². The number of ether oxygens (including phenoxy) is 2.